The normalized spacial score (nSPS) is 17.6. The number of benzene rings is 1. The van der Waals surface area contributed by atoms with E-state index in [4.69, 9.17) is 21.1 Å². The highest BCUT2D eigenvalue weighted by atomic mass is 35.5. The number of hydrogen-bond acceptors (Lipinski definition) is 4. The van der Waals surface area contributed by atoms with Crippen LogP contribution in [0, 0.1) is 0 Å². The predicted octanol–water partition coefficient (Wildman–Crippen LogP) is 2.52. The number of carbonyl (C=O) groups is 2. The molecule has 2 amide bonds. The zero-order valence-electron chi connectivity index (χ0n) is 11.9. The van der Waals surface area contributed by atoms with E-state index in [0.29, 0.717) is 29.4 Å². The average Bonchev–Trinajstić information content (AvgIpc) is 2.76. The molecule has 0 aliphatic carbocycles. The Balaban J connectivity index is 1.82. The fourth-order valence-corrected chi connectivity index (χ4v) is 2.32. The number of halogens is 1. The zero-order valence-corrected chi connectivity index (χ0v) is 12.6. The number of nitrogens with one attached hydrogen (secondary N) is 1. The molecule has 0 spiro atoms. The molecule has 0 bridgehead atoms. The van der Waals surface area contributed by atoms with Crippen molar-refractivity contribution in [1.82, 2.24) is 4.90 Å². The van der Waals surface area contributed by atoms with E-state index in [-0.39, 0.29) is 24.5 Å². The average molecular weight is 313 g/mol. The van der Waals surface area contributed by atoms with Gasteiger partial charge in [-0.1, -0.05) is 11.6 Å². The van der Waals surface area contributed by atoms with Crippen LogP contribution in [-0.2, 0) is 9.53 Å². The van der Waals surface area contributed by atoms with E-state index in [0.717, 1.165) is 0 Å². The van der Waals surface area contributed by atoms with E-state index in [1.165, 1.54) is 12.0 Å². The Hall–Kier alpha value is -1.95. The lowest BCUT2D eigenvalue weighted by Crippen LogP contribution is -2.20. The van der Waals surface area contributed by atoms with Crippen LogP contribution in [0.5, 0.6) is 5.75 Å². The molecule has 1 atom stereocenters. The quantitative estimate of drug-likeness (QED) is 0.907. The van der Waals surface area contributed by atoms with Crippen LogP contribution in [0.4, 0.5) is 10.5 Å². The summed E-state index contributed by atoms with van der Waals surface area (Å²) in [6.45, 7) is 0.514. The first-order chi connectivity index (χ1) is 9.99. The first kappa shape index (κ1) is 15.4. The van der Waals surface area contributed by atoms with Crippen LogP contribution in [0.1, 0.15) is 12.8 Å². The topological polar surface area (TPSA) is 67.9 Å². The van der Waals surface area contributed by atoms with Crippen molar-refractivity contribution in [2.75, 3.05) is 26.0 Å². The molecule has 0 saturated carbocycles. The maximum atomic E-state index is 11.9. The van der Waals surface area contributed by atoms with Crippen molar-refractivity contribution in [3.05, 3.63) is 23.2 Å². The minimum Gasteiger partial charge on any atom is -0.495 e. The standard InChI is InChI=1S/C14H17ClN2O4/c1-17-8-10(21-14(17)19)4-6-13(18)16-9-3-5-12(20-2)11(15)7-9/h3,5,7,10H,4,6,8H2,1-2H3,(H,16,18). The number of carbonyl (C=O) groups excluding carboxylic acids is 2. The van der Waals surface area contributed by atoms with E-state index in [9.17, 15) is 9.59 Å². The third kappa shape index (κ3) is 4.01. The lowest BCUT2D eigenvalue weighted by Gasteiger charge is -2.10. The molecule has 1 aromatic carbocycles. The minimum absolute atomic E-state index is 0.151. The first-order valence-corrected chi connectivity index (χ1v) is 6.92. The SMILES string of the molecule is COc1ccc(NC(=O)CCC2CN(C)C(=O)O2)cc1Cl. The second-order valence-corrected chi connectivity index (χ2v) is 5.23. The van der Waals surface area contributed by atoms with Gasteiger partial charge >= 0.3 is 6.09 Å². The van der Waals surface area contributed by atoms with Gasteiger partial charge in [0, 0.05) is 19.2 Å². The number of ether oxygens (including phenoxy) is 2. The summed E-state index contributed by atoms with van der Waals surface area (Å²) in [5.74, 6) is 0.400. The summed E-state index contributed by atoms with van der Waals surface area (Å²) in [4.78, 5) is 24.5. The molecule has 1 aliphatic heterocycles. The molecule has 21 heavy (non-hydrogen) atoms. The van der Waals surface area contributed by atoms with Crippen LogP contribution in [0.25, 0.3) is 0 Å². The number of methoxy groups -OCH3 is 1. The molecule has 0 aromatic heterocycles. The van der Waals surface area contributed by atoms with E-state index in [2.05, 4.69) is 5.32 Å². The number of anilines is 1. The lowest BCUT2D eigenvalue weighted by atomic mass is 10.2. The van der Waals surface area contributed by atoms with Crippen LogP contribution in [0.2, 0.25) is 5.02 Å². The molecule has 1 fully saturated rings. The second-order valence-electron chi connectivity index (χ2n) is 4.82. The molecule has 1 unspecified atom stereocenters. The van der Waals surface area contributed by atoms with E-state index in [1.54, 1.807) is 25.2 Å². The Kier molecular flexibility index (Phi) is 4.90. The van der Waals surface area contributed by atoms with Gasteiger partial charge in [-0.15, -0.1) is 0 Å². The molecule has 2 rings (SSSR count). The predicted molar refractivity (Wildman–Crippen MR) is 78.8 cm³/mol. The monoisotopic (exact) mass is 312 g/mol. The van der Waals surface area contributed by atoms with Crippen LogP contribution >= 0.6 is 11.6 Å². The molecule has 1 saturated heterocycles. The maximum absolute atomic E-state index is 11.9. The van der Waals surface area contributed by atoms with Crippen molar-refractivity contribution in [3.8, 4) is 5.75 Å². The van der Waals surface area contributed by atoms with Gasteiger partial charge in [0.1, 0.15) is 11.9 Å². The Morgan fingerprint density at radius 2 is 2.33 bits per heavy atom. The molecule has 6 nitrogen and oxygen atoms in total. The van der Waals surface area contributed by atoms with Gasteiger partial charge in [0.2, 0.25) is 5.91 Å². The maximum Gasteiger partial charge on any atom is 0.409 e. The molecule has 114 valence electrons. The van der Waals surface area contributed by atoms with Crippen molar-refractivity contribution in [3.63, 3.8) is 0 Å². The number of amides is 2. The highest BCUT2D eigenvalue weighted by Crippen LogP contribution is 2.27. The molecule has 1 aromatic rings. The summed E-state index contributed by atoms with van der Waals surface area (Å²) in [5, 5.41) is 3.18. The molecular formula is C14H17ClN2O4. The number of nitrogens with zero attached hydrogens (tertiary/aromatic N) is 1. The fourth-order valence-electron chi connectivity index (χ4n) is 2.06. The summed E-state index contributed by atoms with van der Waals surface area (Å²) in [5.41, 5.74) is 0.603. The van der Waals surface area contributed by atoms with Gasteiger partial charge in [-0.3, -0.25) is 4.79 Å². The van der Waals surface area contributed by atoms with Gasteiger partial charge in [-0.2, -0.15) is 0 Å². The van der Waals surface area contributed by atoms with Gasteiger partial charge in [0.05, 0.1) is 18.7 Å². The molecule has 0 radical (unpaired) electrons. The Labute approximate surface area is 128 Å². The number of rotatable bonds is 5. The second kappa shape index (κ2) is 6.67. The molecule has 1 aliphatic rings. The highest BCUT2D eigenvalue weighted by Gasteiger charge is 2.28. The third-order valence-electron chi connectivity index (χ3n) is 3.19. The smallest absolute Gasteiger partial charge is 0.409 e. The first-order valence-electron chi connectivity index (χ1n) is 6.54. The summed E-state index contributed by atoms with van der Waals surface area (Å²) in [6.07, 6.45) is 0.191. The van der Waals surface area contributed by atoms with E-state index < -0.39 is 0 Å². The van der Waals surface area contributed by atoms with Crippen LogP contribution < -0.4 is 10.1 Å². The van der Waals surface area contributed by atoms with Gasteiger partial charge in [0.25, 0.3) is 0 Å². The summed E-state index contributed by atoms with van der Waals surface area (Å²) >= 11 is 5.99. The Bertz CT molecular complexity index is 550. The summed E-state index contributed by atoms with van der Waals surface area (Å²) < 4.78 is 10.1. The van der Waals surface area contributed by atoms with Gasteiger partial charge < -0.3 is 19.7 Å². The van der Waals surface area contributed by atoms with Crippen molar-refractivity contribution < 1.29 is 19.1 Å². The van der Waals surface area contributed by atoms with Crippen LogP contribution in [0.15, 0.2) is 18.2 Å². The van der Waals surface area contributed by atoms with Crippen molar-refractivity contribution in [2.24, 2.45) is 0 Å². The highest BCUT2D eigenvalue weighted by molar-refractivity contribution is 6.32. The fraction of sp³-hybridized carbons (Fsp3) is 0.429. The van der Waals surface area contributed by atoms with Crippen LogP contribution in [-0.4, -0.2) is 43.7 Å². The number of hydrogen-bond donors (Lipinski definition) is 1. The molecule has 1 N–H and O–H groups in total. The van der Waals surface area contributed by atoms with Crippen molar-refractivity contribution in [2.45, 2.75) is 18.9 Å². The number of likely N-dealkylation sites (N-methyl/N-ethyl adjacent to an activating group) is 1. The molecule has 1 heterocycles. The Morgan fingerprint density at radius 3 is 2.90 bits per heavy atom. The van der Waals surface area contributed by atoms with E-state index >= 15 is 0 Å². The summed E-state index contributed by atoms with van der Waals surface area (Å²) in [6, 6.07) is 5.03. The largest absolute Gasteiger partial charge is 0.495 e. The van der Waals surface area contributed by atoms with E-state index in [1.807, 2.05) is 0 Å². The molecule has 7 heteroatoms. The minimum atomic E-state index is -0.345. The third-order valence-corrected chi connectivity index (χ3v) is 3.48. The van der Waals surface area contributed by atoms with Crippen LogP contribution in [0.3, 0.4) is 0 Å². The van der Waals surface area contributed by atoms with Crippen molar-refractivity contribution in [1.29, 1.82) is 0 Å². The Morgan fingerprint density at radius 1 is 1.57 bits per heavy atom. The van der Waals surface area contributed by atoms with Gasteiger partial charge in [-0.05, 0) is 24.6 Å². The number of cyclic esters (lactones) is 1. The molecular weight excluding hydrogens is 296 g/mol. The van der Waals surface area contributed by atoms with Gasteiger partial charge in [0.15, 0.2) is 0 Å². The lowest BCUT2D eigenvalue weighted by molar-refractivity contribution is -0.116. The van der Waals surface area contributed by atoms with Gasteiger partial charge in [-0.25, -0.2) is 4.79 Å². The summed E-state index contributed by atoms with van der Waals surface area (Å²) in [7, 11) is 3.20. The zero-order chi connectivity index (χ0) is 15.4. The van der Waals surface area contributed by atoms with Crippen molar-refractivity contribution >= 4 is 29.3 Å².